The summed E-state index contributed by atoms with van der Waals surface area (Å²) in [6, 6.07) is 0. The zero-order valence-electron chi connectivity index (χ0n) is 8.78. The van der Waals surface area contributed by atoms with Crippen LogP contribution in [0.3, 0.4) is 0 Å². The number of hydrogen-bond donors (Lipinski definition) is 0. The third-order valence-corrected chi connectivity index (χ3v) is 2.87. The molecule has 0 fully saturated rings. The summed E-state index contributed by atoms with van der Waals surface area (Å²) in [5.41, 5.74) is 0. The Kier molecular flexibility index (Phi) is 8.11. The van der Waals surface area contributed by atoms with Crippen molar-refractivity contribution in [2.45, 2.75) is 64.7 Å². The summed E-state index contributed by atoms with van der Waals surface area (Å²) in [7, 11) is 0. The molecule has 0 nitrogen and oxygen atoms in total. The summed E-state index contributed by atoms with van der Waals surface area (Å²) in [6.07, 6.45) is 7.61. The van der Waals surface area contributed by atoms with Crippen molar-refractivity contribution in [2.75, 3.05) is 0 Å². The lowest BCUT2D eigenvalue weighted by Crippen LogP contribution is -2.04. The molecular weight excluding hydrogens is 168 g/mol. The van der Waals surface area contributed by atoms with E-state index in [2.05, 4.69) is 20.8 Å². The zero-order chi connectivity index (χ0) is 9.40. The van der Waals surface area contributed by atoms with E-state index in [-0.39, 0.29) is 0 Å². The van der Waals surface area contributed by atoms with Gasteiger partial charge in [-0.3, -0.25) is 0 Å². The minimum absolute atomic E-state index is 0.423. The van der Waals surface area contributed by atoms with Gasteiger partial charge < -0.3 is 0 Å². The maximum absolute atomic E-state index is 6.19. The first-order valence-corrected chi connectivity index (χ1v) is 5.78. The van der Waals surface area contributed by atoms with Gasteiger partial charge in [0.15, 0.2) is 0 Å². The third kappa shape index (κ3) is 6.97. The molecule has 0 aromatic heterocycles. The lowest BCUT2D eigenvalue weighted by Gasteiger charge is -2.13. The van der Waals surface area contributed by atoms with Gasteiger partial charge in [-0.1, -0.05) is 46.5 Å². The Morgan fingerprint density at radius 2 is 1.83 bits per heavy atom. The summed E-state index contributed by atoms with van der Waals surface area (Å²) in [4.78, 5) is 0. The molecule has 0 aliphatic carbocycles. The molecule has 0 aromatic carbocycles. The van der Waals surface area contributed by atoms with Crippen LogP contribution in [0.15, 0.2) is 0 Å². The third-order valence-electron chi connectivity index (χ3n) is 2.48. The average molecular weight is 191 g/mol. The Morgan fingerprint density at radius 3 is 2.33 bits per heavy atom. The van der Waals surface area contributed by atoms with Crippen molar-refractivity contribution >= 4 is 11.6 Å². The van der Waals surface area contributed by atoms with Gasteiger partial charge in [0.05, 0.1) is 0 Å². The second-order valence-corrected chi connectivity index (χ2v) is 4.46. The number of unbranched alkanes of at least 4 members (excludes halogenated alkanes) is 2. The molecule has 2 unspecified atom stereocenters. The lowest BCUT2D eigenvalue weighted by molar-refractivity contribution is 0.479. The predicted molar refractivity (Wildman–Crippen MR) is 57.9 cm³/mol. The summed E-state index contributed by atoms with van der Waals surface area (Å²) in [6.45, 7) is 6.76. The van der Waals surface area contributed by atoms with Crippen LogP contribution >= 0.6 is 11.6 Å². The molecule has 0 aliphatic heterocycles. The monoisotopic (exact) mass is 190 g/mol. The van der Waals surface area contributed by atoms with Crippen molar-refractivity contribution in [3.63, 3.8) is 0 Å². The highest BCUT2D eigenvalue weighted by atomic mass is 35.5. The van der Waals surface area contributed by atoms with Crippen LogP contribution in [0.4, 0.5) is 0 Å². The molecule has 0 amide bonds. The number of hydrogen-bond acceptors (Lipinski definition) is 0. The minimum Gasteiger partial charge on any atom is -0.123 e. The van der Waals surface area contributed by atoms with E-state index >= 15 is 0 Å². The molecule has 0 rings (SSSR count). The molecule has 0 saturated heterocycles. The van der Waals surface area contributed by atoms with Crippen LogP contribution in [0, 0.1) is 5.92 Å². The first-order chi connectivity index (χ1) is 5.70. The molecule has 1 heteroatoms. The highest BCUT2D eigenvalue weighted by Crippen LogP contribution is 2.19. The van der Waals surface area contributed by atoms with Crippen molar-refractivity contribution in [3.8, 4) is 0 Å². The molecular formula is C11H23Cl. The van der Waals surface area contributed by atoms with Gasteiger partial charge in [0.2, 0.25) is 0 Å². The Balaban J connectivity index is 3.26. The molecule has 2 atom stereocenters. The fourth-order valence-electron chi connectivity index (χ4n) is 1.34. The van der Waals surface area contributed by atoms with E-state index in [0.717, 1.165) is 5.92 Å². The predicted octanol–water partition coefficient (Wildman–Crippen LogP) is 4.61. The molecule has 12 heavy (non-hydrogen) atoms. The van der Waals surface area contributed by atoms with Gasteiger partial charge in [-0.15, -0.1) is 11.6 Å². The van der Waals surface area contributed by atoms with Crippen LogP contribution in [-0.2, 0) is 0 Å². The van der Waals surface area contributed by atoms with Crippen LogP contribution in [0.5, 0.6) is 0 Å². The van der Waals surface area contributed by atoms with E-state index in [1.54, 1.807) is 0 Å². The molecule has 0 spiro atoms. The summed E-state index contributed by atoms with van der Waals surface area (Å²) < 4.78 is 0. The van der Waals surface area contributed by atoms with Crippen LogP contribution in [0.1, 0.15) is 59.3 Å². The van der Waals surface area contributed by atoms with E-state index in [4.69, 9.17) is 11.6 Å². The Hall–Kier alpha value is 0.290. The molecule has 0 radical (unpaired) electrons. The van der Waals surface area contributed by atoms with E-state index in [0.29, 0.717) is 5.38 Å². The number of halogens is 1. The van der Waals surface area contributed by atoms with Gasteiger partial charge in [-0.25, -0.2) is 0 Å². The second-order valence-electron chi connectivity index (χ2n) is 3.84. The quantitative estimate of drug-likeness (QED) is 0.406. The highest BCUT2D eigenvalue weighted by molar-refractivity contribution is 6.20. The van der Waals surface area contributed by atoms with Crippen molar-refractivity contribution in [1.82, 2.24) is 0 Å². The fraction of sp³-hybridized carbons (Fsp3) is 1.00. The second kappa shape index (κ2) is 7.91. The topological polar surface area (TPSA) is 0 Å². The normalized spacial score (nSPS) is 16.0. The number of rotatable bonds is 7. The van der Waals surface area contributed by atoms with Crippen molar-refractivity contribution in [1.29, 1.82) is 0 Å². The van der Waals surface area contributed by atoms with Crippen LogP contribution < -0.4 is 0 Å². The van der Waals surface area contributed by atoms with Gasteiger partial charge >= 0.3 is 0 Å². The van der Waals surface area contributed by atoms with E-state index in [1.165, 1.54) is 38.5 Å². The van der Waals surface area contributed by atoms with Crippen LogP contribution in [0.25, 0.3) is 0 Å². The molecule has 74 valence electrons. The van der Waals surface area contributed by atoms with Crippen LogP contribution in [-0.4, -0.2) is 5.38 Å². The van der Waals surface area contributed by atoms with Gasteiger partial charge in [-0.05, 0) is 18.8 Å². The molecule has 0 heterocycles. The fourth-order valence-corrected chi connectivity index (χ4v) is 1.80. The smallest absolute Gasteiger partial charge is 0.0338 e. The SMILES string of the molecule is CCCCCC(Cl)CC(C)CC. The van der Waals surface area contributed by atoms with E-state index in [1.807, 2.05) is 0 Å². The summed E-state index contributed by atoms with van der Waals surface area (Å²) in [5, 5.41) is 0.423. The first kappa shape index (κ1) is 12.3. The van der Waals surface area contributed by atoms with Crippen molar-refractivity contribution < 1.29 is 0 Å². The van der Waals surface area contributed by atoms with Gasteiger partial charge in [0.25, 0.3) is 0 Å². The molecule has 0 bridgehead atoms. The first-order valence-electron chi connectivity index (χ1n) is 5.34. The molecule has 0 saturated carbocycles. The largest absolute Gasteiger partial charge is 0.123 e. The highest BCUT2D eigenvalue weighted by Gasteiger charge is 2.08. The standard InChI is InChI=1S/C11H23Cl/c1-4-6-7-8-11(12)9-10(3)5-2/h10-11H,4-9H2,1-3H3. The average Bonchev–Trinajstić information content (AvgIpc) is 2.05. The minimum atomic E-state index is 0.423. The Morgan fingerprint density at radius 1 is 1.17 bits per heavy atom. The van der Waals surface area contributed by atoms with Gasteiger partial charge in [-0.2, -0.15) is 0 Å². The summed E-state index contributed by atoms with van der Waals surface area (Å²) in [5.74, 6) is 0.800. The van der Waals surface area contributed by atoms with E-state index in [9.17, 15) is 0 Å². The maximum atomic E-state index is 6.19. The Labute approximate surface area is 82.7 Å². The van der Waals surface area contributed by atoms with Crippen molar-refractivity contribution in [2.24, 2.45) is 5.92 Å². The zero-order valence-corrected chi connectivity index (χ0v) is 9.53. The number of alkyl halides is 1. The van der Waals surface area contributed by atoms with E-state index < -0.39 is 0 Å². The van der Waals surface area contributed by atoms with Crippen molar-refractivity contribution in [3.05, 3.63) is 0 Å². The molecule has 0 N–H and O–H groups in total. The Bertz CT molecular complexity index is 91.0. The maximum Gasteiger partial charge on any atom is 0.0338 e. The summed E-state index contributed by atoms with van der Waals surface area (Å²) >= 11 is 6.19. The molecule has 0 aromatic rings. The lowest BCUT2D eigenvalue weighted by atomic mass is 10.00. The van der Waals surface area contributed by atoms with Gasteiger partial charge in [0, 0.05) is 5.38 Å². The molecule has 0 aliphatic rings. The van der Waals surface area contributed by atoms with Crippen LogP contribution in [0.2, 0.25) is 0 Å². The van der Waals surface area contributed by atoms with Gasteiger partial charge in [0.1, 0.15) is 0 Å².